The van der Waals surface area contributed by atoms with Gasteiger partial charge in [0.25, 0.3) is 5.91 Å². The molecule has 22 heavy (non-hydrogen) atoms. The fourth-order valence-corrected chi connectivity index (χ4v) is 2.49. The summed E-state index contributed by atoms with van der Waals surface area (Å²) >= 11 is 6.19. The van der Waals surface area contributed by atoms with E-state index in [0.29, 0.717) is 28.8 Å². The van der Waals surface area contributed by atoms with Gasteiger partial charge in [0.05, 0.1) is 17.3 Å². The van der Waals surface area contributed by atoms with E-state index in [9.17, 15) is 4.79 Å². The third kappa shape index (κ3) is 2.65. The Hall–Kier alpha value is -2.47. The number of nitrogens with zero attached hydrogens (tertiary/aromatic N) is 3. The average molecular weight is 320 g/mol. The lowest BCUT2D eigenvalue weighted by Crippen LogP contribution is -2.28. The van der Waals surface area contributed by atoms with Crippen LogP contribution in [0.15, 0.2) is 37.1 Å². The Morgan fingerprint density at radius 2 is 2.36 bits per heavy atom. The van der Waals surface area contributed by atoms with Crippen LogP contribution in [0.5, 0.6) is 11.5 Å². The average Bonchev–Trinajstić information content (AvgIpc) is 3.12. The molecule has 1 amide bonds. The molecule has 3 rings (SSSR count). The van der Waals surface area contributed by atoms with Crippen molar-refractivity contribution >= 4 is 23.2 Å². The molecule has 0 fully saturated rings. The maximum atomic E-state index is 12.2. The first-order valence-electron chi connectivity index (χ1n) is 6.60. The van der Waals surface area contributed by atoms with Crippen molar-refractivity contribution in [1.29, 1.82) is 0 Å². The van der Waals surface area contributed by atoms with E-state index < -0.39 is 0 Å². The van der Waals surface area contributed by atoms with Crippen molar-refractivity contribution in [2.75, 3.05) is 11.7 Å². The third-order valence-corrected chi connectivity index (χ3v) is 3.53. The van der Waals surface area contributed by atoms with Gasteiger partial charge in [-0.05, 0) is 18.2 Å². The summed E-state index contributed by atoms with van der Waals surface area (Å²) in [4.78, 5) is 13.7. The van der Waals surface area contributed by atoms with E-state index in [1.54, 1.807) is 16.8 Å². The Balaban J connectivity index is 1.97. The molecule has 1 aliphatic heterocycles. The number of aryl methyl sites for hydroxylation is 1. The highest BCUT2D eigenvalue weighted by atomic mass is 35.5. The molecule has 114 valence electrons. The minimum absolute atomic E-state index is 0.119. The molecule has 0 atom stereocenters. The van der Waals surface area contributed by atoms with Crippen LogP contribution in [0.2, 0.25) is 5.02 Å². The molecular weight excluding hydrogens is 306 g/mol. The first kappa shape index (κ1) is 14.5. The summed E-state index contributed by atoms with van der Waals surface area (Å²) in [6.07, 6.45) is 3.07. The zero-order valence-corrected chi connectivity index (χ0v) is 12.7. The molecule has 0 aliphatic carbocycles. The van der Waals surface area contributed by atoms with Crippen LogP contribution in [0.25, 0.3) is 0 Å². The summed E-state index contributed by atoms with van der Waals surface area (Å²) in [5.74, 6) is 0.764. The summed E-state index contributed by atoms with van der Waals surface area (Å²) in [6.45, 7) is 3.97. The number of anilines is 1. The topological polar surface area (TPSA) is 56.6 Å². The Bertz CT molecular complexity index is 742. The van der Waals surface area contributed by atoms with Gasteiger partial charge in [-0.1, -0.05) is 18.2 Å². The number of hydrogen-bond acceptors (Lipinski definition) is 4. The number of fused-ring (bicyclic) bond motifs is 1. The number of rotatable bonds is 4. The molecule has 1 aliphatic rings. The Morgan fingerprint density at radius 3 is 3.05 bits per heavy atom. The van der Waals surface area contributed by atoms with Crippen molar-refractivity contribution in [1.82, 2.24) is 9.78 Å². The van der Waals surface area contributed by atoms with Gasteiger partial charge in [-0.2, -0.15) is 5.10 Å². The lowest BCUT2D eigenvalue weighted by atomic mass is 10.2. The van der Waals surface area contributed by atoms with Crippen LogP contribution < -0.4 is 14.4 Å². The molecule has 2 aromatic rings. The second-order valence-electron chi connectivity index (χ2n) is 4.77. The first-order valence-corrected chi connectivity index (χ1v) is 6.98. The number of amides is 1. The van der Waals surface area contributed by atoms with E-state index in [2.05, 4.69) is 11.7 Å². The fraction of sp³-hybridized carbons (Fsp3) is 0.200. The van der Waals surface area contributed by atoms with Crippen molar-refractivity contribution in [2.24, 2.45) is 7.05 Å². The molecule has 0 saturated heterocycles. The predicted octanol–water partition coefficient (Wildman–Crippen LogP) is 2.52. The van der Waals surface area contributed by atoms with Gasteiger partial charge in [0.1, 0.15) is 0 Å². The SMILES string of the molecule is C=CC(=O)N(Cc1ccn(C)n1)c1cc(Cl)c2c(c1)OCO2. The molecule has 0 radical (unpaired) electrons. The van der Waals surface area contributed by atoms with E-state index in [4.69, 9.17) is 21.1 Å². The molecular formula is C15H14ClN3O3. The minimum Gasteiger partial charge on any atom is -0.453 e. The second kappa shape index (κ2) is 5.73. The van der Waals surface area contributed by atoms with Crippen LogP contribution in [-0.2, 0) is 18.4 Å². The van der Waals surface area contributed by atoms with Crippen molar-refractivity contribution in [3.05, 3.63) is 47.8 Å². The van der Waals surface area contributed by atoms with E-state index in [0.717, 1.165) is 5.69 Å². The molecule has 0 bridgehead atoms. The number of aromatic nitrogens is 2. The van der Waals surface area contributed by atoms with Gasteiger partial charge in [-0.15, -0.1) is 0 Å². The summed E-state index contributed by atoms with van der Waals surface area (Å²) < 4.78 is 12.3. The van der Waals surface area contributed by atoms with E-state index in [1.165, 1.54) is 11.0 Å². The van der Waals surface area contributed by atoms with Crippen LogP contribution >= 0.6 is 11.6 Å². The van der Waals surface area contributed by atoms with Crippen LogP contribution in [0.3, 0.4) is 0 Å². The number of carbonyl (C=O) groups excluding carboxylic acids is 1. The summed E-state index contributed by atoms with van der Waals surface area (Å²) in [6, 6.07) is 5.23. The summed E-state index contributed by atoms with van der Waals surface area (Å²) in [5, 5.41) is 4.68. The van der Waals surface area contributed by atoms with Crippen molar-refractivity contribution in [2.45, 2.75) is 6.54 Å². The maximum Gasteiger partial charge on any atom is 0.250 e. The maximum absolute atomic E-state index is 12.2. The Kier molecular flexibility index (Phi) is 3.77. The van der Waals surface area contributed by atoms with Gasteiger partial charge in [-0.25, -0.2) is 0 Å². The largest absolute Gasteiger partial charge is 0.453 e. The molecule has 0 N–H and O–H groups in total. The number of halogens is 1. The molecule has 0 saturated carbocycles. The molecule has 0 spiro atoms. The van der Waals surface area contributed by atoms with E-state index >= 15 is 0 Å². The zero-order chi connectivity index (χ0) is 15.7. The Morgan fingerprint density at radius 1 is 1.55 bits per heavy atom. The van der Waals surface area contributed by atoms with Crippen LogP contribution in [0.1, 0.15) is 5.69 Å². The first-order chi connectivity index (χ1) is 10.6. The molecule has 1 aromatic heterocycles. The van der Waals surface area contributed by atoms with Crippen molar-refractivity contribution in [3.8, 4) is 11.5 Å². The van der Waals surface area contributed by atoms with E-state index in [-0.39, 0.29) is 12.7 Å². The lowest BCUT2D eigenvalue weighted by Gasteiger charge is -2.21. The molecule has 7 heteroatoms. The quantitative estimate of drug-likeness (QED) is 0.813. The van der Waals surface area contributed by atoms with Gasteiger partial charge in [0.15, 0.2) is 11.5 Å². The van der Waals surface area contributed by atoms with Gasteiger partial charge in [-0.3, -0.25) is 9.48 Å². The van der Waals surface area contributed by atoms with Gasteiger partial charge < -0.3 is 14.4 Å². The predicted molar refractivity (Wildman–Crippen MR) is 82.2 cm³/mol. The monoisotopic (exact) mass is 319 g/mol. The number of carbonyl (C=O) groups is 1. The molecule has 6 nitrogen and oxygen atoms in total. The van der Waals surface area contributed by atoms with Gasteiger partial charge >= 0.3 is 0 Å². The van der Waals surface area contributed by atoms with Crippen molar-refractivity contribution < 1.29 is 14.3 Å². The zero-order valence-electron chi connectivity index (χ0n) is 12.0. The fourth-order valence-electron chi connectivity index (χ4n) is 2.23. The van der Waals surface area contributed by atoms with Gasteiger partial charge in [0, 0.05) is 25.0 Å². The smallest absolute Gasteiger partial charge is 0.250 e. The molecule has 0 unspecified atom stereocenters. The highest BCUT2D eigenvalue weighted by Gasteiger charge is 2.23. The van der Waals surface area contributed by atoms with Crippen LogP contribution in [-0.4, -0.2) is 22.5 Å². The van der Waals surface area contributed by atoms with Crippen molar-refractivity contribution in [3.63, 3.8) is 0 Å². The number of hydrogen-bond donors (Lipinski definition) is 0. The summed E-state index contributed by atoms with van der Waals surface area (Å²) in [7, 11) is 1.82. The highest BCUT2D eigenvalue weighted by molar-refractivity contribution is 6.32. The highest BCUT2D eigenvalue weighted by Crippen LogP contribution is 2.42. The van der Waals surface area contributed by atoms with Crippen LogP contribution in [0, 0.1) is 0 Å². The van der Waals surface area contributed by atoms with Crippen LogP contribution in [0.4, 0.5) is 5.69 Å². The Labute approximate surface area is 132 Å². The van der Waals surface area contributed by atoms with Gasteiger partial charge in [0.2, 0.25) is 6.79 Å². The summed E-state index contributed by atoms with van der Waals surface area (Å²) in [5.41, 5.74) is 1.36. The van der Waals surface area contributed by atoms with E-state index in [1.807, 2.05) is 19.3 Å². The standard InChI is InChI=1S/C15H14ClN3O3/c1-3-14(20)19(8-10-4-5-18(2)17-10)11-6-12(16)15-13(7-11)21-9-22-15/h3-7H,1,8-9H2,2H3. The number of ether oxygens (including phenoxy) is 2. The number of benzene rings is 1. The molecule has 2 heterocycles. The second-order valence-corrected chi connectivity index (χ2v) is 5.18. The minimum atomic E-state index is -0.249. The molecule has 1 aromatic carbocycles. The normalized spacial score (nSPS) is 12.3. The third-order valence-electron chi connectivity index (χ3n) is 3.25. The lowest BCUT2D eigenvalue weighted by molar-refractivity contribution is -0.114.